The second-order valence-corrected chi connectivity index (χ2v) is 5.85. The number of nitrogen functional groups attached to an aromatic ring is 1. The number of rotatable bonds is 2. The number of hydrogen-bond donors (Lipinski definition) is 1. The second-order valence-electron chi connectivity index (χ2n) is 3.37. The van der Waals surface area contributed by atoms with E-state index in [4.69, 9.17) is 22.1 Å². The van der Waals surface area contributed by atoms with Gasteiger partial charge in [0, 0.05) is 10.2 Å². The van der Waals surface area contributed by atoms with Crippen LogP contribution in [0.2, 0.25) is 5.02 Å². The first-order chi connectivity index (χ1) is 8.06. The van der Waals surface area contributed by atoms with Crippen molar-refractivity contribution in [2.24, 2.45) is 0 Å². The van der Waals surface area contributed by atoms with Crippen molar-refractivity contribution in [1.82, 2.24) is 0 Å². The molecule has 0 radical (unpaired) electrons. The monoisotopic (exact) mass is 423 g/mol. The number of benzene rings is 2. The highest BCUT2D eigenvalue weighted by Crippen LogP contribution is 2.34. The molecule has 0 saturated carbocycles. The number of nitrogens with two attached hydrogens (primary N) is 1. The van der Waals surface area contributed by atoms with E-state index in [1.807, 2.05) is 24.3 Å². The van der Waals surface area contributed by atoms with E-state index in [9.17, 15) is 0 Å². The van der Waals surface area contributed by atoms with Crippen molar-refractivity contribution in [3.63, 3.8) is 0 Å². The first-order valence-corrected chi connectivity index (χ1v) is 6.99. The van der Waals surface area contributed by atoms with Gasteiger partial charge in [0.1, 0.15) is 11.5 Å². The lowest BCUT2D eigenvalue weighted by atomic mass is 10.3. The molecule has 2 aromatic rings. The minimum Gasteiger partial charge on any atom is -0.455 e. The molecule has 2 rings (SSSR count). The zero-order valence-corrected chi connectivity index (χ0v) is 13.1. The Labute approximate surface area is 126 Å². The molecule has 2 N–H and O–H groups in total. The van der Waals surface area contributed by atoms with Gasteiger partial charge in [-0.25, -0.2) is 0 Å². The molecule has 0 amide bonds. The zero-order valence-electron chi connectivity index (χ0n) is 8.58. The van der Waals surface area contributed by atoms with Crippen LogP contribution in [0.15, 0.2) is 40.9 Å². The minimum absolute atomic E-state index is 0.570. The molecule has 0 heterocycles. The van der Waals surface area contributed by atoms with E-state index in [1.165, 1.54) is 0 Å². The molecule has 17 heavy (non-hydrogen) atoms. The van der Waals surface area contributed by atoms with Gasteiger partial charge in [0.15, 0.2) is 0 Å². The van der Waals surface area contributed by atoms with Gasteiger partial charge in [0.05, 0.1) is 8.59 Å². The topological polar surface area (TPSA) is 35.2 Å². The molecule has 0 aliphatic rings. The summed E-state index contributed by atoms with van der Waals surface area (Å²) in [5.41, 5.74) is 6.39. The van der Waals surface area contributed by atoms with Crippen LogP contribution < -0.4 is 10.5 Å². The highest BCUT2D eigenvalue weighted by atomic mass is 127. The molecule has 2 nitrogen and oxygen atoms in total. The molecule has 0 spiro atoms. The van der Waals surface area contributed by atoms with Gasteiger partial charge in [-0.15, -0.1) is 0 Å². The molecule has 0 atom stereocenters. The molecule has 0 saturated heterocycles. The molecule has 0 unspecified atom stereocenters. The molecule has 0 aliphatic carbocycles. The summed E-state index contributed by atoms with van der Waals surface area (Å²) in [5.74, 6) is 1.35. The molecule has 5 heteroatoms. The summed E-state index contributed by atoms with van der Waals surface area (Å²) in [7, 11) is 0. The van der Waals surface area contributed by atoms with Crippen LogP contribution >= 0.6 is 50.1 Å². The fourth-order valence-electron chi connectivity index (χ4n) is 1.27. The van der Waals surface area contributed by atoms with Crippen molar-refractivity contribution in [3.05, 3.63) is 49.5 Å². The Kier molecular flexibility index (Phi) is 4.17. The van der Waals surface area contributed by atoms with Gasteiger partial charge in [0.25, 0.3) is 0 Å². The van der Waals surface area contributed by atoms with E-state index >= 15 is 0 Å². The van der Waals surface area contributed by atoms with Crippen LogP contribution in [0.5, 0.6) is 11.5 Å². The average molecular weight is 424 g/mol. The van der Waals surface area contributed by atoms with E-state index in [0.29, 0.717) is 16.5 Å². The van der Waals surface area contributed by atoms with E-state index < -0.39 is 0 Å². The Morgan fingerprint density at radius 3 is 2.59 bits per heavy atom. The van der Waals surface area contributed by atoms with Crippen LogP contribution in [0.3, 0.4) is 0 Å². The van der Waals surface area contributed by atoms with Gasteiger partial charge in [-0.1, -0.05) is 27.5 Å². The van der Waals surface area contributed by atoms with Crippen LogP contribution in [0.25, 0.3) is 0 Å². The van der Waals surface area contributed by atoms with Gasteiger partial charge in [-0.3, -0.25) is 0 Å². The van der Waals surface area contributed by atoms with Gasteiger partial charge in [-0.05, 0) is 59.0 Å². The third-order valence-corrected chi connectivity index (χ3v) is 3.72. The summed E-state index contributed by atoms with van der Waals surface area (Å²) in [6.45, 7) is 0. The largest absolute Gasteiger partial charge is 0.455 e. The fourth-order valence-corrected chi connectivity index (χ4v) is 2.42. The molecule has 0 aromatic heterocycles. The zero-order chi connectivity index (χ0) is 12.4. The summed E-state index contributed by atoms with van der Waals surface area (Å²) < 4.78 is 7.61. The Hall–Kier alpha value is -0.460. The maximum absolute atomic E-state index is 6.06. The number of halogens is 3. The van der Waals surface area contributed by atoms with Gasteiger partial charge in [-0.2, -0.15) is 0 Å². The predicted octanol–water partition coefficient (Wildman–Crippen LogP) is 5.08. The van der Waals surface area contributed by atoms with Gasteiger partial charge in [0.2, 0.25) is 0 Å². The average Bonchev–Trinajstić information content (AvgIpc) is 2.27. The smallest absolute Gasteiger partial charge is 0.147 e. The lowest BCUT2D eigenvalue weighted by Crippen LogP contribution is -1.91. The van der Waals surface area contributed by atoms with Crippen molar-refractivity contribution >= 4 is 55.8 Å². The SMILES string of the molecule is Nc1ccc(Oc2cc(Br)ccc2Cl)c(I)c1. The standard InChI is InChI=1S/C12H8BrClINO/c13-7-1-3-9(14)12(5-7)17-11-4-2-8(16)6-10(11)15/h1-6H,16H2. The first kappa shape index (κ1) is 13.0. The summed E-state index contributed by atoms with van der Waals surface area (Å²) in [6, 6.07) is 10.9. The highest BCUT2D eigenvalue weighted by Gasteiger charge is 2.07. The summed E-state index contributed by atoms with van der Waals surface area (Å²) >= 11 is 11.6. The molecular weight excluding hydrogens is 416 g/mol. The lowest BCUT2D eigenvalue weighted by Gasteiger charge is -2.10. The summed E-state index contributed by atoms with van der Waals surface area (Å²) in [4.78, 5) is 0. The van der Waals surface area contributed by atoms with Crippen molar-refractivity contribution in [2.75, 3.05) is 5.73 Å². The number of ether oxygens (including phenoxy) is 1. The molecule has 0 bridgehead atoms. The molecule has 88 valence electrons. The first-order valence-electron chi connectivity index (χ1n) is 4.74. The quantitative estimate of drug-likeness (QED) is 0.539. The number of hydrogen-bond acceptors (Lipinski definition) is 2. The Morgan fingerprint density at radius 2 is 1.88 bits per heavy atom. The van der Waals surface area contributed by atoms with Crippen molar-refractivity contribution in [2.45, 2.75) is 0 Å². The summed E-state index contributed by atoms with van der Waals surface area (Å²) in [5, 5.41) is 0.570. The molecule has 0 fully saturated rings. The Balaban J connectivity index is 2.34. The van der Waals surface area contributed by atoms with Crippen molar-refractivity contribution < 1.29 is 4.74 Å². The lowest BCUT2D eigenvalue weighted by molar-refractivity contribution is 0.479. The van der Waals surface area contributed by atoms with Crippen LogP contribution in [-0.2, 0) is 0 Å². The molecular formula is C12H8BrClINO. The normalized spacial score (nSPS) is 10.3. The second kappa shape index (κ2) is 5.46. The van der Waals surface area contributed by atoms with E-state index in [-0.39, 0.29) is 0 Å². The van der Waals surface area contributed by atoms with Gasteiger partial charge < -0.3 is 10.5 Å². The number of anilines is 1. The molecule has 0 aliphatic heterocycles. The van der Waals surface area contributed by atoms with Crippen molar-refractivity contribution in [1.29, 1.82) is 0 Å². The third-order valence-electron chi connectivity index (χ3n) is 2.07. The fraction of sp³-hybridized carbons (Fsp3) is 0. The summed E-state index contributed by atoms with van der Waals surface area (Å²) in [6.07, 6.45) is 0. The van der Waals surface area contributed by atoms with Crippen LogP contribution in [-0.4, -0.2) is 0 Å². The Morgan fingerprint density at radius 1 is 1.12 bits per heavy atom. The van der Waals surface area contributed by atoms with E-state index in [0.717, 1.165) is 13.8 Å². The van der Waals surface area contributed by atoms with Crippen LogP contribution in [0.4, 0.5) is 5.69 Å². The van der Waals surface area contributed by atoms with Crippen molar-refractivity contribution in [3.8, 4) is 11.5 Å². The van der Waals surface area contributed by atoms with Crippen LogP contribution in [0.1, 0.15) is 0 Å². The maximum Gasteiger partial charge on any atom is 0.147 e. The van der Waals surface area contributed by atoms with E-state index in [1.54, 1.807) is 12.1 Å². The highest BCUT2D eigenvalue weighted by molar-refractivity contribution is 14.1. The Bertz CT molecular complexity index is 562. The van der Waals surface area contributed by atoms with Crippen LogP contribution in [0, 0.1) is 3.57 Å². The molecule has 2 aromatic carbocycles. The predicted molar refractivity (Wildman–Crippen MR) is 82.8 cm³/mol. The van der Waals surface area contributed by atoms with E-state index in [2.05, 4.69) is 38.5 Å². The minimum atomic E-state index is 0.570. The van der Waals surface area contributed by atoms with Gasteiger partial charge >= 0.3 is 0 Å². The maximum atomic E-state index is 6.06. The third kappa shape index (κ3) is 3.26.